The first kappa shape index (κ1) is 21.2. The van der Waals surface area contributed by atoms with Crippen molar-refractivity contribution >= 4 is 6.08 Å². The van der Waals surface area contributed by atoms with Crippen LogP contribution in [0.3, 0.4) is 0 Å². The fourth-order valence-corrected chi connectivity index (χ4v) is 4.63. The van der Waals surface area contributed by atoms with Gasteiger partial charge in [-0.05, 0) is 66.3 Å². The molecule has 0 aliphatic heterocycles. The molecule has 0 bridgehead atoms. The lowest BCUT2D eigenvalue weighted by molar-refractivity contribution is 0.348. The summed E-state index contributed by atoms with van der Waals surface area (Å²) in [5.41, 5.74) is 6.78. The zero-order valence-corrected chi connectivity index (χ0v) is 18.1. The van der Waals surface area contributed by atoms with E-state index in [-0.39, 0.29) is 23.1 Å². The fraction of sp³-hybridized carbons (Fsp3) is 0.370. The summed E-state index contributed by atoms with van der Waals surface area (Å²) in [4.78, 5) is 5.25. The van der Waals surface area contributed by atoms with Gasteiger partial charge in [0.15, 0.2) is 0 Å². The fourth-order valence-electron chi connectivity index (χ4n) is 4.63. The molecule has 0 saturated heterocycles. The number of nitrogens with zero attached hydrogens (tertiary/aromatic N) is 1. The van der Waals surface area contributed by atoms with Crippen LogP contribution in [0.4, 0.5) is 4.39 Å². The molecule has 0 N–H and O–H groups in total. The molecule has 1 aliphatic rings. The van der Waals surface area contributed by atoms with E-state index in [4.69, 9.17) is 4.98 Å². The van der Waals surface area contributed by atoms with Gasteiger partial charge in [0, 0.05) is 11.5 Å². The Kier molecular flexibility index (Phi) is 6.21. The third-order valence-corrected chi connectivity index (χ3v) is 6.26. The monoisotopic (exact) mass is 389 g/mol. The molecule has 2 atom stereocenters. The van der Waals surface area contributed by atoms with Gasteiger partial charge >= 0.3 is 0 Å². The molecule has 152 valence electrons. The lowest BCUT2D eigenvalue weighted by Crippen LogP contribution is -2.23. The Labute approximate surface area is 175 Å². The van der Waals surface area contributed by atoms with Gasteiger partial charge in [0.1, 0.15) is 5.82 Å². The molecule has 1 aromatic heterocycles. The zero-order valence-electron chi connectivity index (χ0n) is 18.1. The van der Waals surface area contributed by atoms with E-state index >= 15 is 0 Å². The maximum atomic E-state index is 13.7. The van der Waals surface area contributed by atoms with Gasteiger partial charge in [-0.2, -0.15) is 0 Å². The van der Waals surface area contributed by atoms with Gasteiger partial charge in [-0.1, -0.05) is 57.2 Å². The van der Waals surface area contributed by atoms with E-state index in [0.29, 0.717) is 0 Å². The minimum absolute atomic E-state index is 0.0730. The minimum Gasteiger partial charge on any atom is -0.256 e. The van der Waals surface area contributed by atoms with Gasteiger partial charge < -0.3 is 0 Å². The molecule has 1 nitrogen and oxygen atoms in total. The van der Waals surface area contributed by atoms with Gasteiger partial charge in [-0.3, -0.25) is 4.98 Å². The van der Waals surface area contributed by atoms with E-state index in [1.807, 2.05) is 25.1 Å². The second-order valence-electron chi connectivity index (χ2n) is 8.59. The summed E-state index contributed by atoms with van der Waals surface area (Å²) in [6.45, 7) is 17.0. The number of rotatable bonds is 5. The number of hydrogen-bond acceptors (Lipinski definition) is 1. The van der Waals surface area contributed by atoms with Gasteiger partial charge in [0.25, 0.3) is 0 Å². The van der Waals surface area contributed by atoms with E-state index in [9.17, 15) is 4.39 Å². The number of hydrogen-bond donors (Lipinski definition) is 0. The molecule has 1 aromatic carbocycles. The van der Waals surface area contributed by atoms with Crippen molar-refractivity contribution in [3.63, 3.8) is 0 Å². The molecule has 3 rings (SSSR count). The van der Waals surface area contributed by atoms with Gasteiger partial charge in [0.05, 0.1) is 11.4 Å². The average molecular weight is 390 g/mol. The third-order valence-electron chi connectivity index (χ3n) is 6.26. The van der Waals surface area contributed by atoms with Crippen molar-refractivity contribution in [3.05, 3.63) is 84.0 Å². The second-order valence-corrected chi connectivity index (χ2v) is 8.59. The summed E-state index contributed by atoms with van der Waals surface area (Å²) in [6.07, 6.45) is 11.4. The first-order chi connectivity index (χ1) is 13.9. The number of benzene rings is 1. The first-order valence-electron chi connectivity index (χ1n) is 10.6. The summed E-state index contributed by atoms with van der Waals surface area (Å²) < 4.78 is 13.7. The molecule has 2 unspecified atom stereocenters. The molecule has 0 amide bonds. The molecule has 2 aromatic rings. The van der Waals surface area contributed by atoms with Crippen molar-refractivity contribution < 1.29 is 4.39 Å². The molecule has 0 spiro atoms. The number of aromatic nitrogens is 1. The lowest BCUT2D eigenvalue weighted by atomic mass is 9.72. The van der Waals surface area contributed by atoms with Crippen LogP contribution in [0.2, 0.25) is 0 Å². The molecule has 1 heterocycles. The Hall–Kier alpha value is -2.48. The van der Waals surface area contributed by atoms with Crippen molar-refractivity contribution in [1.82, 2.24) is 4.98 Å². The van der Waals surface area contributed by atoms with Gasteiger partial charge in [-0.15, -0.1) is 13.2 Å². The van der Waals surface area contributed by atoms with E-state index in [2.05, 4.69) is 52.2 Å². The topological polar surface area (TPSA) is 12.9 Å². The van der Waals surface area contributed by atoms with Crippen LogP contribution in [0.1, 0.15) is 74.9 Å². The smallest absolute Gasteiger partial charge is 0.123 e. The van der Waals surface area contributed by atoms with Crippen LogP contribution in [0, 0.1) is 11.2 Å². The van der Waals surface area contributed by atoms with Crippen molar-refractivity contribution in [2.75, 3.05) is 0 Å². The molecule has 29 heavy (non-hydrogen) atoms. The van der Waals surface area contributed by atoms with Crippen LogP contribution in [-0.4, -0.2) is 4.98 Å². The van der Waals surface area contributed by atoms with Crippen LogP contribution in [0.25, 0.3) is 17.2 Å². The lowest BCUT2D eigenvalue weighted by Gasteiger charge is -2.33. The van der Waals surface area contributed by atoms with Gasteiger partial charge in [-0.25, -0.2) is 4.39 Å². The summed E-state index contributed by atoms with van der Waals surface area (Å²) in [5, 5.41) is 0. The van der Waals surface area contributed by atoms with E-state index in [1.165, 1.54) is 11.1 Å². The van der Waals surface area contributed by atoms with Crippen LogP contribution in [-0.2, 0) is 6.42 Å². The van der Waals surface area contributed by atoms with Crippen LogP contribution in [0.15, 0.2) is 55.7 Å². The number of pyridine rings is 1. The second kappa shape index (κ2) is 8.49. The number of halogens is 1. The highest BCUT2D eigenvalue weighted by Crippen LogP contribution is 2.48. The van der Waals surface area contributed by atoms with E-state index in [1.54, 1.807) is 12.1 Å². The summed E-state index contributed by atoms with van der Waals surface area (Å²) >= 11 is 0. The third kappa shape index (κ3) is 3.85. The Morgan fingerprint density at radius 3 is 2.45 bits per heavy atom. The summed E-state index contributed by atoms with van der Waals surface area (Å²) in [6, 6.07) is 6.88. The highest BCUT2D eigenvalue weighted by atomic mass is 19.1. The van der Waals surface area contributed by atoms with Crippen LogP contribution < -0.4 is 0 Å². The van der Waals surface area contributed by atoms with Gasteiger partial charge in [0.2, 0.25) is 0 Å². The van der Waals surface area contributed by atoms with E-state index in [0.717, 1.165) is 41.8 Å². The number of fused-ring (bicyclic) bond motifs is 1. The molecule has 0 radical (unpaired) electrons. The van der Waals surface area contributed by atoms with Crippen molar-refractivity contribution in [2.45, 2.75) is 58.8 Å². The highest BCUT2D eigenvalue weighted by Gasteiger charge is 2.37. The van der Waals surface area contributed by atoms with E-state index < -0.39 is 0 Å². The minimum atomic E-state index is -0.214. The van der Waals surface area contributed by atoms with Crippen molar-refractivity contribution in [1.29, 1.82) is 0 Å². The SMILES string of the molecule is C=CC1c2nc(C(C)C)c(/C=C/C)c(-c3ccc(F)cc3)c2CCCC1(C)C=C. The Morgan fingerprint density at radius 1 is 1.21 bits per heavy atom. The molecule has 0 fully saturated rings. The molecule has 1 aliphatic carbocycles. The predicted molar refractivity (Wildman–Crippen MR) is 123 cm³/mol. The normalized spacial score (nSPS) is 21.8. The standard InChI is InChI=1S/C27H32FN/c1-7-11-21-24(19-13-15-20(28)16-14-19)22-12-10-17-27(6,9-3)23(8-2)26(22)29-25(21)18(4)5/h7-9,11,13-16,18,23H,2-3,10,12,17H2,1,4-6H3/b11-7+. The largest absolute Gasteiger partial charge is 0.256 e. The zero-order chi connectivity index (χ0) is 21.2. The van der Waals surface area contributed by atoms with Crippen molar-refractivity contribution in [3.8, 4) is 11.1 Å². The number of allylic oxidation sites excluding steroid dienone is 3. The molecule has 2 heteroatoms. The molecular weight excluding hydrogens is 357 g/mol. The maximum absolute atomic E-state index is 13.7. The molecule has 0 saturated carbocycles. The van der Waals surface area contributed by atoms with Crippen LogP contribution in [0.5, 0.6) is 0 Å². The quantitative estimate of drug-likeness (QED) is 0.375. The average Bonchev–Trinajstić information content (AvgIpc) is 2.84. The molecular formula is C27H32FN. The predicted octanol–water partition coefficient (Wildman–Crippen LogP) is 7.84. The Bertz CT molecular complexity index is 936. The summed E-state index contributed by atoms with van der Waals surface area (Å²) in [5.74, 6) is 0.164. The van der Waals surface area contributed by atoms with Crippen molar-refractivity contribution in [2.24, 2.45) is 5.41 Å². The van der Waals surface area contributed by atoms with Crippen LogP contribution >= 0.6 is 0 Å². The Balaban J connectivity index is 2.44. The Morgan fingerprint density at radius 2 is 1.90 bits per heavy atom. The maximum Gasteiger partial charge on any atom is 0.123 e. The first-order valence-corrected chi connectivity index (χ1v) is 10.6. The summed E-state index contributed by atoms with van der Waals surface area (Å²) in [7, 11) is 0. The highest BCUT2D eigenvalue weighted by molar-refractivity contribution is 5.80.